The van der Waals surface area contributed by atoms with Gasteiger partial charge in [0.25, 0.3) is 0 Å². The van der Waals surface area contributed by atoms with Crippen LogP contribution in [0.3, 0.4) is 0 Å². The highest BCUT2D eigenvalue weighted by Crippen LogP contribution is 2.29. The van der Waals surface area contributed by atoms with Crippen LogP contribution in [0.5, 0.6) is 0 Å². The highest BCUT2D eigenvalue weighted by Gasteiger charge is 2.17. The summed E-state index contributed by atoms with van der Waals surface area (Å²) in [5, 5.41) is 3.68. The molecule has 104 valence electrons. The predicted molar refractivity (Wildman–Crippen MR) is 83.4 cm³/mol. The van der Waals surface area contributed by atoms with E-state index in [-0.39, 0.29) is 5.41 Å². The van der Waals surface area contributed by atoms with Crippen molar-refractivity contribution < 1.29 is 0 Å². The quantitative estimate of drug-likeness (QED) is 0.768. The summed E-state index contributed by atoms with van der Waals surface area (Å²) in [6.45, 7) is 14.7. The molecule has 0 spiro atoms. The van der Waals surface area contributed by atoms with Crippen LogP contribution >= 0.6 is 11.3 Å². The lowest BCUT2D eigenvalue weighted by Crippen LogP contribution is -2.32. The van der Waals surface area contributed by atoms with Crippen molar-refractivity contribution in [2.45, 2.75) is 72.4 Å². The van der Waals surface area contributed by atoms with Crippen LogP contribution in [-0.2, 0) is 12.0 Å². The lowest BCUT2D eigenvalue weighted by molar-refractivity contribution is 0.354. The van der Waals surface area contributed by atoms with Gasteiger partial charge < -0.3 is 5.32 Å². The van der Waals surface area contributed by atoms with Gasteiger partial charge in [-0.3, -0.25) is 0 Å². The average molecular weight is 267 g/mol. The molecule has 2 heteroatoms. The molecular weight excluding hydrogens is 238 g/mol. The molecule has 1 heterocycles. The SMILES string of the molecule is CCC(CC)C(C)NCc1ccc(C(C)(C)C)s1. The van der Waals surface area contributed by atoms with E-state index >= 15 is 0 Å². The van der Waals surface area contributed by atoms with E-state index in [0.717, 1.165) is 12.5 Å². The molecule has 1 rings (SSSR count). The summed E-state index contributed by atoms with van der Waals surface area (Å²) in [7, 11) is 0. The minimum Gasteiger partial charge on any atom is -0.309 e. The summed E-state index contributed by atoms with van der Waals surface area (Å²) in [5.74, 6) is 0.798. The molecule has 1 atom stereocenters. The van der Waals surface area contributed by atoms with Crippen LogP contribution in [0, 0.1) is 5.92 Å². The maximum Gasteiger partial charge on any atom is 0.0302 e. The summed E-state index contributed by atoms with van der Waals surface area (Å²) in [4.78, 5) is 2.94. The van der Waals surface area contributed by atoms with Crippen molar-refractivity contribution >= 4 is 11.3 Å². The Bertz CT molecular complexity index is 344. The predicted octanol–water partition coefficient (Wildman–Crippen LogP) is 4.96. The number of hydrogen-bond donors (Lipinski definition) is 1. The van der Waals surface area contributed by atoms with Crippen molar-refractivity contribution in [3.05, 3.63) is 21.9 Å². The fourth-order valence-electron chi connectivity index (χ4n) is 2.30. The normalized spacial score (nSPS) is 14.2. The van der Waals surface area contributed by atoms with E-state index < -0.39 is 0 Å². The zero-order chi connectivity index (χ0) is 13.8. The van der Waals surface area contributed by atoms with Crippen molar-refractivity contribution in [3.63, 3.8) is 0 Å². The van der Waals surface area contributed by atoms with Gasteiger partial charge >= 0.3 is 0 Å². The molecule has 18 heavy (non-hydrogen) atoms. The van der Waals surface area contributed by atoms with Crippen LogP contribution in [0.4, 0.5) is 0 Å². The molecule has 1 N–H and O–H groups in total. The average Bonchev–Trinajstić information content (AvgIpc) is 2.76. The smallest absolute Gasteiger partial charge is 0.0302 e. The van der Waals surface area contributed by atoms with Crippen LogP contribution in [0.15, 0.2) is 12.1 Å². The van der Waals surface area contributed by atoms with Crippen LogP contribution in [0.1, 0.15) is 64.1 Å². The Hall–Kier alpha value is -0.340. The number of thiophene rings is 1. The number of hydrogen-bond acceptors (Lipinski definition) is 2. The molecule has 0 fully saturated rings. The second kappa shape index (κ2) is 6.72. The fraction of sp³-hybridized carbons (Fsp3) is 0.750. The molecule has 1 aromatic heterocycles. The van der Waals surface area contributed by atoms with E-state index in [9.17, 15) is 0 Å². The van der Waals surface area contributed by atoms with Gasteiger partial charge in [-0.15, -0.1) is 11.3 Å². The van der Waals surface area contributed by atoms with Crippen molar-refractivity contribution in [1.82, 2.24) is 5.32 Å². The van der Waals surface area contributed by atoms with E-state index in [0.29, 0.717) is 6.04 Å². The van der Waals surface area contributed by atoms with Gasteiger partial charge in [-0.05, 0) is 30.4 Å². The Morgan fingerprint density at radius 2 is 1.78 bits per heavy atom. The van der Waals surface area contributed by atoms with Crippen LogP contribution in [-0.4, -0.2) is 6.04 Å². The maximum atomic E-state index is 3.68. The summed E-state index contributed by atoms with van der Waals surface area (Å²) in [6.07, 6.45) is 2.53. The minimum atomic E-state index is 0.282. The molecule has 0 saturated carbocycles. The minimum absolute atomic E-state index is 0.282. The Morgan fingerprint density at radius 3 is 2.22 bits per heavy atom. The third kappa shape index (κ3) is 4.40. The molecule has 0 aliphatic carbocycles. The molecule has 0 aliphatic rings. The first kappa shape index (κ1) is 15.7. The zero-order valence-electron chi connectivity index (χ0n) is 12.8. The molecule has 0 aromatic carbocycles. The molecule has 0 saturated heterocycles. The largest absolute Gasteiger partial charge is 0.309 e. The van der Waals surface area contributed by atoms with Gasteiger partial charge in [0.05, 0.1) is 0 Å². The molecular formula is C16H29NS. The first-order chi connectivity index (χ1) is 8.38. The number of rotatable bonds is 6. The van der Waals surface area contributed by atoms with E-state index in [1.807, 2.05) is 11.3 Å². The van der Waals surface area contributed by atoms with Crippen LogP contribution in [0.25, 0.3) is 0 Å². The lowest BCUT2D eigenvalue weighted by atomic mass is 9.95. The van der Waals surface area contributed by atoms with Crippen LogP contribution in [0.2, 0.25) is 0 Å². The molecule has 1 unspecified atom stereocenters. The standard InChI is InChI=1S/C16H29NS/c1-7-13(8-2)12(3)17-11-14-9-10-15(18-14)16(4,5)6/h9-10,12-13,17H,7-8,11H2,1-6H3. The monoisotopic (exact) mass is 267 g/mol. The topological polar surface area (TPSA) is 12.0 Å². The van der Waals surface area contributed by atoms with Gasteiger partial charge in [0, 0.05) is 22.3 Å². The van der Waals surface area contributed by atoms with Crippen molar-refractivity contribution in [3.8, 4) is 0 Å². The molecule has 0 aliphatic heterocycles. The summed E-state index contributed by atoms with van der Waals surface area (Å²) in [5.41, 5.74) is 0.282. The molecule has 0 amide bonds. The van der Waals surface area contributed by atoms with E-state index in [1.54, 1.807) is 0 Å². The van der Waals surface area contributed by atoms with Gasteiger partial charge in [-0.2, -0.15) is 0 Å². The van der Waals surface area contributed by atoms with E-state index in [2.05, 4.69) is 59.0 Å². The summed E-state index contributed by atoms with van der Waals surface area (Å²) >= 11 is 1.95. The van der Waals surface area contributed by atoms with E-state index in [1.165, 1.54) is 22.6 Å². The van der Waals surface area contributed by atoms with Gasteiger partial charge in [0.1, 0.15) is 0 Å². The Kier molecular flexibility index (Phi) is 5.87. The third-order valence-corrected chi connectivity index (χ3v) is 5.27. The first-order valence-corrected chi connectivity index (χ1v) is 8.02. The van der Waals surface area contributed by atoms with Gasteiger partial charge in [-0.1, -0.05) is 47.5 Å². The van der Waals surface area contributed by atoms with Crippen molar-refractivity contribution in [2.24, 2.45) is 5.92 Å². The molecule has 1 nitrogen and oxygen atoms in total. The molecule has 0 radical (unpaired) electrons. The summed E-state index contributed by atoms with van der Waals surface area (Å²) in [6, 6.07) is 5.17. The Labute approximate surface area is 117 Å². The highest BCUT2D eigenvalue weighted by molar-refractivity contribution is 7.12. The second-order valence-electron chi connectivity index (χ2n) is 6.26. The van der Waals surface area contributed by atoms with Gasteiger partial charge in [0.15, 0.2) is 0 Å². The molecule has 0 bridgehead atoms. The fourth-order valence-corrected chi connectivity index (χ4v) is 3.32. The summed E-state index contributed by atoms with van der Waals surface area (Å²) < 4.78 is 0. The van der Waals surface area contributed by atoms with Crippen molar-refractivity contribution in [1.29, 1.82) is 0 Å². The molecule has 1 aromatic rings. The van der Waals surface area contributed by atoms with Gasteiger partial charge in [-0.25, -0.2) is 0 Å². The maximum absolute atomic E-state index is 3.68. The lowest BCUT2D eigenvalue weighted by Gasteiger charge is -2.22. The zero-order valence-corrected chi connectivity index (χ0v) is 13.7. The van der Waals surface area contributed by atoms with Gasteiger partial charge in [0.2, 0.25) is 0 Å². The highest BCUT2D eigenvalue weighted by atomic mass is 32.1. The third-order valence-electron chi connectivity index (χ3n) is 3.75. The Morgan fingerprint density at radius 1 is 1.17 bits per heavy atom. The van der Waals surface area contributed by atoms with Crippen LogP contribution < -0.4 is 5.32 Å². The van der Waals surface area contributed by atoms with Crippen molar-refractivity contribution in [2.75, 3.05) is 0 Å². The Balaban J connectivity index is 2.51. The van der Waals surface area contributed by atoms with E-state index in [4.69, 9.17) is 0 Å². The first-order valence-electron chi connectivity index (χ1n) is 7.21. The second-order valence-corrected chi connectivity index (χ2v) is 7.43. The number of nitrogens with one attached hydrogen (secondary N) is 1.